The molecule has 3 rings (SSSR count). The maximum absolute atomic E-state index is 12.0. The van der Waals surface area contributed by atoms with E-state index in [1.165, 1.54) is 35.6 Å². The summed E-state index contributed by atoms with van der Waals surface area (Å²) in [5.74, 6) is -0.347. The van der Waals surface area contributed by atoms with Crippen molar-refractivity contribution in [3.05, 3.63) is 81.7 Å². The van der Waals surface area contributed by atoms with Crippen molar-refractivity contribution in [2.75, 3.05) is 5.32 Å². The van der Waals surface area contributed by atoms with Crippen LogP contribution in [0.15, 0.2) is 66.1 Å². The van der Waals surface area contributed by atoms with Crippen molar-refractivity contribution in [2.45, 2.75) is 0 Å². The monoisotopic (exact) mass is 351 g/mol. The first kappa shape index (κ1) is 16.5. The summed E-state index contributed by atoms with van der Waals surface area (Å²) in [6.07, 6.45) is 2.84. The minimum Gasteiger partial charge on any atom is -0.298 e. The Hall–Kier alpha value is -3.32. The van der Waals surface area contributed by atoms with Crippen molar-refractivity contribution in [1.82, 2.24) is 4.98 Å². The number of nitro benzene ring substituents is 1. The molecule has 1 heterocycles. The number of benzene rings is 2. The topological polar surface area (TPSA) is 85.1 Å². The Kier molecular flexibility index (Phi) is 4.96. The molecule has 2 aromatic carbocycles. The number of thiazole rings is 1. The zero-order valence-corrected chi connectivity index (χ0v) is 13.8. The van der Waals surface area contributed by atoms with Gasteiger partial charge in [0.05, 0.1) is 10.6 Å². The number of carbonyl (C=O) groups is 1. The van der Waals surface area contributed by atoms with E-state index in [4.69, 9.17) is 0 Å². The number of anilines is 1. The average Bonchev–Trinajstić information content (AvgIpc) is 3.09. The van der Waals surface area contributed by atoms with Gasteiger partial charge in [-0.3, -0.25) is 20.2 Å². The van der Waals surface area contributed by atoms with Crippen molar-refractivity contribution in [3.8, 4) is 11.3 Å². The first-order valence-corrected chi connectivity index (χ1v) is 8.24. The van der Waals surface area contributed by atoms with Gasteiger partial charge in [-0.25, -0.2) is 4.98 Å². The number of carbonyl (C=O) groups excluding carboxylic acids is 1. The summed E-state index contributed by atoms with van der Waals surface area (Å²) in [6.45, 7) is 0. The van der Waals surface area contributed by atoms with Gasteiger partial charge in [0.25, 0.3) is 5.69 Å². The highest BCUT2D eigenvalue weighted by Gasteiger charge is 2.07. The standard InChI is InChI=1S/C18H13N3O3S/c22-17(10-9-13-5-4-8-15(11-13)21(23)24)20-18-19-16(12-25-18)14-6-2-1-3-7-14/h1-12H,(H,19,20,22). The molecular formula is C18H13N3O3S. The van der Waals surface area contributed by atoms with Gasteiger partial charge in [-0.2, -0.15) is 0 Å². The highest BCUT2D eigenvalue weighted by atomic mass is 32.1. The number of nitrogens with one attached hydrogen (secondary N) is 1. The molecular weight excluding hydrogens is 338 g/mol. The highest BCUT2D eigenvalue weighted by molar-refractivity contribution is 7.14. The van der Waals surface area contributed by atoms with E-state index in [9.17, 15) is 14.9 Å². The third-order valence-electron chi connectivity index (χ3n) is 3.31. The summed E-state index contributed by atoms with van der Waals surface area (Å²) in [4.78, 5) is 26.6. The minimum absolute atomic E-state index is 0.0185. The minimum atomic E-state index is -0.474. The number of nitrogens with zero attached hydrogens (tertiary/aromatic N) is 2. The van der Waals surface area contributed by atoms with Crippen LogP contribution >= 0.6 is 11.3 Å². The number of amides is 1. The second-order valence-corrected chi connectivity index (χ2v) is 5.94. The molecule has 1 aromatic heterocycles. The molecule has 0 spiro atoms. The zero-order valence-electron chi connectivity index (χ0n) is 13.0. The Labute approximate surface area is 147 Å². The fourth-order valence-corrected chi connectivity index (χ4v) is 2.86. The Morgan fingerprint density at radius 3 is 2.72 bits per heavy atom. The van der Waals surface area contributed by atoms with Crippen molar-refractivity contribution >= 4 is 34.1 Å². The van der Waals surface area contributed by atoms with Crippen LogP contribution in [0.3, 0.4) is 0 Å². The predicted octanol–water partition coefficient (Wildman–Crippen LogP) is 4.37. The lowest BCUT2D eigenvalue weighted by atomic mass is 10.2. The van der Waals surface area contributed by atoms with Gasteiger partial charge < -0.3 is 0 Å². The molecule has 0 aliphatic rings. The summed E-state index contributed by atoms with van der Waals surface area (Å²) < 4.78 is 0. The first-order chi connectivity index (χ1) is 12.1. The Morgan fingerprint density at radius 2 is 1.96 bits per heavy atom. The van der Waals surface area contributed by atoms with Gasteiger partial charge in [-0.05, 0) is 11.6 Å². The Balaban J connectivity index is 1.66. The third kappa shape index (κ3) is 4.36. The fourth-order valence-electron chi connectivity index (χ4n) is 2.13. The normalized spacial score (nSPS) is 10.7. The summed E-state index contributed by atoms with van der Waals surface area (Å²) in [5.41, 5.74) is 2.33. The molecule has 1 N–H and O–H groups in total. The molecule has 0 radical (unpaired) electrons. The van der Waals surface area contributed by atoms with Gasteiger partial charge in [-0.1, -0.05) is 42.5 Å². The van der Waals surface area contributed by atoms with E-state index in [0.717, 1.165) is 11.3 Å². The number of non-ortho nitro benzene ring substituents is 1. The molecule has 25 heavy (non-hydrogen) atoms. The zero-order chi connectivity index (χ0) is 17.6. The van der Waals surface area contributed by atoms with Crippen LogP contribution in [0.1, 0.15) is 5.56 Å². The van der Waals surface area contributed by atoms with Gasteiger partial charge in [0.15, 0.2) is 5.13 Å². The van der Waals surface area contributed by atoms with Gasteiger partial charge >= 0.3 is 0 Å². The van der Waals surface area contributed by atoms with Crippen LogP contribution in [-0.2, 0) is 4.79 Å². The lowest BCUT2D eigenvalue weighted by Crippen LogP contribution is -2.07. The van der Waals surface area contributed by atoms with Crippen LogP contribution in [0.25, 0.3) is 17.3 Å². The van der Waals surface area contributed by atoms with Gasteiger partial charge in [-0.15, -0.1) is 11.3 Å². The number of nitro groups is 1. The Bertz CT molecular complexity index is 936. The van der Waals surface area contributed by atoms with Gasteiger partial charge in [0, 0.05) is 29.2 Å². The van der Waals surface area contributed by atoms with E-state index in [-0.39, 0.29) is 11.6 Å². The molecule has 6 nitrogen and oxygen atoms in total. The van der Waals surface area contributed by atoms with Crippen molar-refractivity contribution in [1.29, 1.82) is 0 Å². The average molecular weight is 351 g/mol. The molecule has 124 valence electrons. The van der Waals surface area contributed by atoms with E-state index in [1.54, 1.807) is 12.1 Å². The van der Waals surface area contributed by atoms with Crippen molar-refractivity contribution in [2.24, 2.45) is 0 Å². The lowest BCUT2D eigenvalue weighted by Gasteiger charge is -1.97. The maximum atomic E-state index is 12.0. The quantitative estimate of drug-likeness (QED) is 0.420. The molecule has 0 atom stereocenters. The summed E-state index contributed by atoms with van der Waals surface area (Å²) in [6, 6.07) is 15.7. The van der Waals surface area contributed by atoms with Crippen LogP contribution in [0.4, 0.5) is 10.8 Å². The van der Waals surface area contributed by atoms with Crippen LogP contribution in [0.2, 0.25) is 0 Å². The van der Waals surface area contributed by atoms with E-state index >= 15 is 0 Å². The summed E-state index contributed by atoms with van der Waals surface area (Å²) in [5, 5.41) is 15.8. The molecule has 0 saturated carbocycles. The molecule has 0 saturated heterocycles. The van der Waals surface area contributed by atoms with Crippen LogP contribution in [-0.4, -0.2) is 15.8 Å². The second-order valence-electron chi connectivity index (χ2n) is 5.08. The van der Waals surface area contributed by atoms with E-state index in [1.807, 2.05) is 35.7 Å². The Morgan fingerprint density at radius 1 is 1.16 bits per heavy atom. The van der Waals surface area contributed by atoms with E-state index in [2.05, 4.69) is 10.3 Å². The number of hydrogen-bond acceptors (Lipinski definition) is 5. The maximum Gasteiger partial charge on any atom is 0.270 e. The summed E-state index contributed by atoms with van der Waals surface area (Å²) >= 11 is 1.33. The second kappa shape index (κ2) is 7.50. The molecule has 0 aliphatic heterocycles. The molecule has 0 fully saturated rings. The van der Waals surface area contributed by atoms with Crippen molar-refractivity contribution < 1.29 is 9.72 Å². The van der Waals surface area contributed by atoms with Crippen LogP contribution in [0.5, 0.6) is 0 Å². The SMILES string of the molecule is O=C(C=Cc1cccc([N+](=O)[O-])c1)Nc1nc(-c2ccccc2)cs1. The predicted molar refractivity (Wildman–Crippen MR) is 98.3 cm³/mol. The molecule has 0 unspecified atom stereocenters. The largest absolute Gasteiger partial charge is 0.298 e. The molecule has 0 aliphatic carbocycles. The first-order valence-electron chi connectivity index (χ1n) is 7.36. The van der Waals surface area contributed by atoms with Gasteiger partial charge in [0.2, 0.25) is 5.91 Å². The fraction of sp³-hybridized carbons (Fsp3) is 0. The number of aromatic nitrogens is 1. The van der Waals surface area contributed by atoms with Gasteiger partial charge in [0.1, 0.15) is 0 Å². The summed E-state index contributed by atoms with van der Waals surface area (Å²) in [7, 11) is 0. The highest BCUT2D eigenvalue weighted by Crippen LogP contribution is 2.24. The number of rotatable bonds is 5. The van der Waals surface area contributed by atoms with E-state index < -0.39 is 4.92 Å². The smallest absolute Gasteiger partial charge is 0.270 e. The van der Waals surface area contributed by atoms with Crippen LogP contribution < -0.4 is 5.32 Å². The molecule has 3 aromatic rings. The van der Waals surface area contributed by atoms with E-state index in [0.29, 0.717) is 10.7 Å². The lowest BCUT2D eigenvalue weighted by molar-refractivity contribution is -0.384. The van der Waals surface area contributed by atoms with Crippen molar-refractivity contribution in [3.63, 3.8) is 0 Å². The van der Waals surface area contributed by atoms with Crippen LogP contribution in [0, 0.1) is 10.1 Å². The number of hydrogen-bond donors (Lipinski definition) is 1. The molecule has 0 bridgehead atoms. The third-order valence-corrected chi connectivity index (χ3v) is 4.07. The molecule has 7 heteroatoms. The molecule has 1 amide bonds.